The quantitative estimate of drug-likeness (QED) is 0.412. The zero-order valence-corrected chi connectivity index (χ0v) is 18.9. The number of para-hydroxylation sites is 1. The van der Waals surface area contributed by atoms with Crippen molar-refractivity contribution in [2.45, 2.75) is 26.1 Å². The number of amides is 2. The fraction of sp³-hybridized carbons (Fsp3) is 0.179. The minimum atomic E-state index is -0.300. The summed E-state index contributed by atoms with van der Waals surface area (Å²) in [4.78, 5) is 15.5. The molecule has 0 saturated heterocycles. The summed E-state index contributed by atoms with van der Waals surface area (Å²) < 4.78 is 21.1. The van der Waals surface area contributed by atoms with E-state index in [4.69, 9.17) is 4.74 Å². The minimum absolute atomic E-state index is 0.187. The molecule has 0 aliphatic carbocycles. The zero-order chi connectivity index (χ0) is 23.5. The van der Waals surface area contributed by atoms with Gasteiger partial charge in [-0.2, -0.15) is 0 Å². The summed E-state index contributed by atoms with van der Waals surface area (Å²) in [5.41, 5.74) is 4.96. The molecule has 34 heavy (non-hydrogen) atoms. The van der Waals surface area contributed by atoms with E-state index in [0.29, 0.717) is 19.7 Å². The van der Waals surface area contributed by atoms with E-state index >= 15 is 0 Å². The number of fused-ring (bicyclic) bond motifs is 3. The maximum atomic E-state index is 13.6. The summed E-state index contributed by atoms with van der Waals surface area (Å²) in [7, 11) is 0. The lowest BCUT2D eigenvalue weighted by atomic mass is 10.0. The monoisotopic (exact) mass is 455 g/mol. The summed E-state index contributed by atoms with van der Waals surface area (Å²) >= 11 is 0. The van der Waals surface area contributed by atoms with Crippen LogP contribution in [0.3, 0.4) is 0 Å². The lowest BCUT2D eigenvalue weighted by Gasteiger charge is -2.31. The first-order valence-electron chi connectivity index (χ1n) is 11.4. The SMILES string of the molecule is CCOc1ccc(C2c3cccn3-c3ccccc3CN2C(=O)NCc2ccc(F)cc2)cc1. The Labute approximate surface area is 198 Å². The molecule has 5 rings (SSSR count). The molecule has 5 nitrogen and oxygen atoms in total. The highest BCUT2D eigenvalue weighted by Crippen LogP contribution is 2.37. The van der Waals surface area contributed by atoms with Gasteiger partial charge in [0.05, 0.1) is 24.9 Å². The van der Waals surface area contributed by atoms with Gasteiger partial charge in [0.15, 0.2) is 0 Å². The van der Waals surface area contributed by atoms with Gasteiger partial charge < -0.3 is 19.5 Å². The van der Waals surface area contributed by atoms with Gasteiger partial charge in [0.1, 0.15) is 11.6 Å². The number of halogens is 1. The molecule has 0 spiro atoms. The molecular weight excluding hydrogens is 429 g/mol. The molecule has 4 aromatic rings. The number of carbonyl (C=O) groups is 1. The van der Waals surface area contributed by atoms with Crippen LogP contribution >= 0.6 is 0 Å². The Bertz CT molecular complexity index is 1280. The van der Waals surface area contributed by atoms with Gasteiger partial charge in [-0.25, -0.2) is 9.18 Å². The first-order chi connectivity index (χ1) is 16.6. The van der Waals surface area contributed by atoms with E-state index in [1.54, 1.807) is 12.1 Å². The molecule has 1 atom stereocenters. The van der Waals surface area contributed by atoms with Crippen LogP contribution in [0.5, 0.6) is 5.75 Å². The van der Waals surface area contributed by atoms with E-state index < -0.39 is 0 Å². The average molecular weight is 456 g/mol. The summed E-state index contributed by atoms with van der Waals surface area (Å²) in [6.45, 7) is 3.31. The Hall–Kier alpha value is -4.06. The molecule has 2 amide bonds. The van der Waals surface area contributed by atoms with Gasteiger partial charge >= 0.3 is 6.03 Å². The summed E-state index contributed by atoms with van der Waals surface area (Å²) in [6, 6.07) is 25.8. The van der Waals surface area contributed by atoms with Crippen molar-refractivity contribution < 1.29 is 13.9 Å². The van der Waals surface area contributed by atoms with Crippen molar-refractivity contribution in [1.29, 1.82) is 0 Å². The van der Waals surface area contributed by atoms with Crippen molar-refractivity contribution in [3.8, 4) is 11.4 Å². The molecule has 172 valence electrons. The van der Waals surface area contributed by atoms with Crippen molar-refractivity contribution in [3.63, 3.8) is 0 Å². The summed E-state index contributed by atoms with van der Waals surface area (Å²) in [5.74, 6) is 0.501. The molecule has 6 heteroatoms. The molecule has 3 aromatic carbocycles. The maximum absolute atomic E-state index is 13.6. The highest BCUT2D eigenvalue weighted by molar-refractivity contribution is 5.76. The summed E-state index contributed by atoms with van der Waals surface area (Å²) in [6.07, 6.45) is 2.04. The van der Waals surface area contributed by atoms with Crippen LogP contribution in [0.2, 0.25) is 0 Å². The molecule has 1 aliphatic heterocycles. The van der Waals surface area contributed by atoms with Crippen LogP contribution in [-0.4, -0.2) is 22.1 Å². The fourth-order valence-corrected chi connectivity index (χ4v) is 4.48. The minimum Gasteiger partial charge on any atom is -0.494 e. The smallest absolute Gasteiger partial charge is 0.318 e. The van der Waals surface area contributed by atoms with Crippen LogP contribution in [0.4, 0.5) is 9.18 Å². The number of urea groups is 1. The Morgan fingerprint density at radius 2 is 1.76 bits per heavy atom. The van der Waals surface area contributed by atoms with Gasteiger partial charge in [0, 0.05) is 18.4 Å². The molecule has 0 bridgehead atoms. The van der Waals surface area contributed by atoms with Crippen LogP contribution in [0, 0.1) is 5.82 Å². The van der Waals surface area contributed by atoms with E-state index in [-0.39, 0.29) is 17.9 Å². The van der Waals surface area contributed by atoms with E-state index in [9.17, 15) is 9.18 Å². The van der Waals surface area contributed by atoms with E-state index in [1.165, 1.54) is 12.1 Å². The number of nitrogens with zero attached hydrogens (tertiary/aromatic N) is 2. The molecule has 2 heterocycles. The van der Waals surface area contributed by atoms with Crippen LogP contribution in [0.1, 0.15) is 35.3 Å². The number of hydrogen-bond donors (Lipinski definition) is 1. The average Bonchev–Trinajstić information content (AvgIpc) is 3.29. The Morgan fingerprint density at radius 1 is 1.00 bits per heavy atom. The summed E-state index contributed by atoms with van der Waals surface area (Å²) in [5, 5.41) is 3.03. The van der Waals surface area contributed by atoms with Crippen molar-refractivity contribution in [2.24, 2.45) is 0 Å². The normalized spacial score (nSPS) is 14.6. The number of benzene rings is 3. The maximum Gasteiger partial charge on any atom is 0.318 e. The van der Waals surface area contributed by atoms with Crippen molar-refractivity contribution in [2.75, 3.05) is 6.61 Å². The zero-order valence-electron chi connectivity index (χ0n) is 18.9. The second-order valence-electron chi connectivity index (χ2n) is 8.25. The predicted molar refractivity (Wildman–Crippen MR) is 129 cm³/mol. The number of ether oxygens (including phenoxy) is 1. The standard InChI is InChI=1S/C28H26FN3O2/c1-2-34-24-15-11-21(12-16-24)27-26-8-5-17-31(26)25-7-4-3-6-22(25)19-32(27)28(33)30-18-20-9-13-23(29)14-10-20/h3-17,27H,2,18-19H2,1H3,(H,30,33). The van der Waals surface area contributed by atoms with Gasteiger partial charge in [-0.15, -0.1) is 0 Å². The van der Waals surface area contributed by atoms with Gasteiger partial charge in [-0.05, 0) is 66.1 Å². The second kappa shape index (κ2) is 9.43. The van der Waals surface area contributed by atoms with Crippen molar-refractivity contribution in [1.82, 2.24) is 14.8 Å². The number of carbonyl (C=O) groups excluding carboxylic acids is 1. The topological polar surface area (TPSA) is 46.5 Å². The third kappa shape index (κ3) is 4.27. The highest BCUT2D eigenvalue weighted by atomic mass is 19.1. The van der Waals surface area contributed by atoms with E-state index in [0.717, 1.165) is 33.8 Å². The van der Waals surface area contributed by atoms with E-state index in [1.807, 2.05) is 60.5 Å². The number of hydrogen-bond acceptors (Lipinski definition) is 2. The molecule has 1 aromatic heterocycles. The molecular formula is C28H26FN3O2. The fourth-order valence-electron chi connectivity index (χ4n) is 4.48. The number of aromatic nitrogens is 1. The third-order valence-electron chi connectivity index (χ3n) is 6.09. The predicted octanol–water partition coefficient (Wildman–Crippen LogP) is 5.83. The lowest BCUT2D eigenvalue weighted by Crippen LogP contribution is -2.41. The Balaban J connectivity index is 1.52. The van der Waals surface area contributed by atoms with Crippen molar-refractivity contribution >= 4 is 6.03 Å². The van der Waals surface area contributed by atoms with Crippen LogP contribution in [0.25, 0.3) is 5.69 Å². The van der Waals surface area contributed by atoms with Crippen LogP contribution < -0.4 is 10.1 Å². The highest BCUT2D eigenvalue weighted by Gasteiger charge is 2.32. The number of rotatable bonds is 5. The van der Waals surface area contributed by atoms with Crippen molar-refractivity contribution in [3.05, 3.63) is 119 Å². The van der Waals surface area contributed by atoms with Gasteiger partial charge in [-0.1, -0.05) is 42.5 Å². The molecule has 0 saturated carbocycles. The third-order valence-corrected chi connectivity index (χ3v) is 6.09. The Morgan fingerprint density at radius 3 is 2.53 bits per heavy atom. The van der Waals surface area contributed by atoms with Gasteiger partial charge in [0.25, 0.3) is 0 Å². The Kier molecular flexibility index (Phi) is 6.04. The van der Waals surface area contributed by atoms with Crippen LogP contribution in [-0.2, 0) is 13.1 Å². The van der Waals surface area contributed by atoms with E-state index in [2.05, 4.69) is 28.1 Å². The molecule has 1 aliphatic rings. The molecule has 1 N–H and O–H groups in total. The molecule has 0 radical (unpaired) electrons. The second-order valence-corrected chi connectivity index (χ2v) is 8.25. The van der Waals surface area contributed by atoms with Crippen LogP contribution in [0.15, 0.2) is 91.1 Å². The molecule has 0 fully saturated rings. The number of nitrogens with one attached hydrogen (secondary N) is 1. The lowest BCUT2D eigenvalue weighted by molar-refractivity contribution is 0.180. The van der Waals surface area contributed by atoms with Gasteiger partial charge in [0.2, 0.25) is 0 Å². The largest absolute Gasteiger partial charge is 0.494 e. The first-order valence-corrected chi connectivity index (χ1v) is 11.4. The molecule has 1 unspecified atom stereocenters. The first kappa shape index (κ1) is 21.8. The van der Waals surface area contributed by atoms with Gasteiger partial charge in [-0.3, -0.25) is 0 Å².